The summed E-state index contributed by atoms with van der Waals surface area (Å²) in [5.41, 5.74) is 8.44. The number of imidazole rings is 1. The largest absolute Gasteiger partial charge is 0.396 e. The van der Waals surface area contributed by atoms with Crippen LogP contribution in [0.3, 0.4) is 0 Å². The fourth-order valence-corrected chi connectivity index (χ4v) is 2.29. The Labute approximate surface area is 115 Å². The molecule has 0 amide bonds. The number of anilines is 2. The Kier molecular flexibility index (Phi) is 2.43. The molecule has 104 valence electrons. The summed E-state index contributed by atoms with van der Waals surface area (Å²) in [7, 11) is 0. The summed E-state index contributed by atoms with van der Waals surface area (Å²) in [5.74, 6) is 1.24. The minimum absolute atomic E-state index is 0.198. The molecule has 2 saturated carbocycles. The number of hydrogen-bond acceptors (Lipinski definition) is 6. The minimum atomic E-state index is 0.198. The van der Waals surface area contributed by atoms with Crippen molar-refractivity contribution < 1.29 is 5.11 Å². The fourth-order valence-electron chi connectivity index (χ4n) is 2.29. The molecular formula is C13H16N6O. The van der Waals surface area contributed by atoms with Gasteiger partial charge in [0.05, 0.1) is 0 Å². The van der Waals surface area contributed by atoms with Gasteiger partial charge in [0.25, 0.3) is 0 Å². The number of nitrogens with zero attached hydrogens (tertiary/aromatic N) is 4. The normalized spacial score (nSPS) is 23.4. The van der Waals surface area contributed by atoms with E-state index in [9.17, 15) is 0 Å². The second kappa shape index (κ2) is 4.17. The maximum Gasteiger partial charge on any atom is 0.224 e. The molecule has 2 aliphatic carbocycles. The molecule has 7 nitrogen and oxygen atoms in total. The Hall–Kier alpha value is -2.15. The molecule has 0 saturated heterocycles. The van der Waals surface area contributed by atoms with Gasteiger partial charge in [-0.3, -0.25) is 4.57 Å². The number of hydrogen-bond donors (Lipinski definition) is 3. The van der Waals surface area contributed by atoms with E-state index in [1.807, 2.05) is 10.8 Å². The number of rotatable bonds is 4. The molecule has 0 aromatic carbocycles. The first-order valence-electron chi connectivity index (χ1n) is 6.82. The van der Waals surface area contributed by atoms with Crippen molar-refractivity contribution in [2.45, 2.75) is 25.3 Å². The molecule has 2 aromatic rings. The average molecular weight is 272 g/mol. The number of fused-ring (bicyclic) bond motifs is 1. The Balaban J connectivity index is 1.75. The summed E-state index contributed by atoms with van der Waals surface area (Å²) in [6.45, 7) is 0.198. The predicted molar refractivity (Wildman–Crippen MR) is 75.8 cm³/mol. The third-order valence-corrected chi connectivity index (χ3v) is 3.73. The number of nitrogens with two attached hydrogens (primary N) is 1. The van der Waals surface area contributed by atoms with Crippen LogP contribution >= 0.6 is 0 Å². The van der Waals surface area contributed by atoms with E-state index in [-0.39, 0.29) is 18.5 Å². The Bertz CT molecular complexity index is 702. The Morgan fingerprint density at radius 3 is 3.00 bits per heavy atom. The van der Waals surface area contributed by atoms with Crippen molar-refractivity contribution in [2.75, 3.05) is 17.7 Å². The monoisotopic (exact) mass is 272 g/mol. The summed E-state index contributed by atoms with van der Waals surface area (Å²) in [6.07, 6.45) is 6.95. The van der Waals surface area contributed by atoms with Gasteiger partial charge in [0.15, 0.2) is 17.0 Å². The van der Waals surface area contributed by atoms with E-state index < -0.39 is 0 Å². The quantitative estimate of drug-likeness (QED) is 0.762. The van der Waals surface area contributed by atoms with E-state index in [1.54, 1.807) is 6.33 Å². The molecule has 0 bridgehead atoms. The molecule has 2 aromatic heterocycles. The molecule has 1 unspecified atom stereocenters. The van der Waals surface area contributed by atoms with Crippen molar-refractivity contribution in [1.82, 2.24) is 19.5 Å². The van der Waals surface area contributed by atoms with E-state index in [0.29, 0.717) is 17.5 Å². The van der Waals surface area contributed by atoms with Crippen molar-refractivity contribution in [3.8, 4) is 0 Å². The van der Waals surface area contributed by atoms with Gasteiger partial charge in [-0.15, -0.1) is 0 Å². The molecule has 2 fully saturated rings. The highest BCUT2D eigenvalue weighted by molar-refractivity contribution is 5.85. The summed E-state index contributed by atoms with van der Waals surface area (Å²) in [6, 6.07) is 0.484. The summed E-state index contributed by atoms with van der Waals surface area (Å²) in [5, 5.41) is 12.4. The zero-order chi connectivity index (χ0) is 13.7. The summed E-state index contributed by atoms with van der Waals surface area (Å²) >= 11 is 0. The molecule has 20 heavy (non-hydrogen) atoms. The van der Waals surface area contributed by atoms with Crippen molar-refractivity contribution in [3.05, 3.63) is 11.9 Å². The molecule has 0 radical (unpaired) electrons. The van der Waals surface area contributed by atoms with Crippen LogP contribution in [0.15, 0.2) is 11.9 Å². The molecular weight excluding hydrogens is 256 g/mol. The van der Waals surface area contributed by atoms with Gasteiger partial charge in [0.2, 0.25) is 5.95 Å². The van der Waals surface area contributed by atoms with Gasteiger partial charge in [-0.2, -0.15) is 9.97 Å². The lowest BCUT2D eigenvalue weighted by molar-refractivity contribution is 0.281. The topological polar surface area (TPSA) is 102 Å². The van der Waals surface area contributed by atoms with Crippen molar-refractivity contribution in [2.24, 2.45) is 5.92 Å². The number of aromatic nitrogens is 4. The van der Waals surface area contributed by atoms with Gasteiger partial charge in [0.1, 0.15) is 6.33 Å². The SMILES string of the molecule is Nc1nc(NC2CC2)c2ncn(/C=C3/CC3CO)c2n1. The Morgan fingerprint density at radius 1 is 1.45 bits per heavy atom. The lowest BCUT2D eigenvalue weighted by Gasteiger charge is -2.05. The predicted octanol–water partition coefficient (Wildman–Crippen LogP) is 0.836. The van der Waals surface area contributed by atoms with Crippen LogP contribution in [-0.2, 0) is 0 Å². The van der Waals surface area contributed by atoms with E-state index in [4.69, 9.17) is 10.8 Å². The highest BCUT2D eigenvalue weighted by Crippen LogP contribution is 2.38. The molecule has 4 N–H and O–H groups in total. The average Bonchev–Trinajstić information content (AvgIpc) is 3.32. The molecule has 1 atom stereocenters. The van der Waals surface area contributed by atoms with Gasteiger partial charge in [-0.05, 0) is 24.8 Å². The third-order valence-electron chi connectivity index (χ3n) is 3.73. The van der Waals surface area contributed by atoms with Gasteiger partial charge >= 0.3 is 0 Å². The number of nitrogens with one attached hydrogen (secondary N) is 1. The van der Waals surface area contributed by atoms with Crippen LogP contribution in [-0.4, -0.2) is 37.3 Å². The van der Waals surface area contributed by atoms with Crippen LogP contribution in [0, 0.1) is 5.92 Å². The lowest BCUT2D eigenvalue weighted by Crippen LogP contribution is -2.07. The fraction of sp³-hybridized carbons (Fsp3) is 0.462. The lowest BCUT2D eigenvalue weighted by atomic mass is 10.4. The smallest absolute Gasteiger partial charge is 0.224 e. The minimum Gasteiger partial charge on any atom is -0.396 e. The van der Waals surface area contributed by atoms with Crippen LogP contribution in [0.4, 0.5) is 11.8 Å². The van der Waals surface area contributed by atoms with Gasteiger partial charge in [-0.1, -0.05) is 0 Å². The van der Waals surface area contributed by atoms with E-state index in [1.165, 1.54) is 5.57 Å². The van der Waals surface area contributed by atoms with Crippen LogP contribution in [0.25, 0.3) is 17.4 Å². The Morgan fingerprint density at radius 2 is 2.30 bits per heavy atom. The standard InChI is InChI=1S/C13H16N6O/c14-13-17-11(16-9-1-2-9)10-12(18-13)19(6-15-10)4-7-3-8(7)5-20/h4,6,8-9,20H,1-3,5H2,(H3,14,16,17,18)/b7-4-. The van der Waals surface area contributed by atoms with Crippen molar-refractivity contribution >= 4 is 29.1 Å². The number of nitrogen functional groups attached to an aromatic ring is 1. The molecule has 2 heterocycles. The van der Waals surface area contributed by atoms with Gasteiger partial charge < -0.3 is 16.2 Å². The first-order chi connectivity index (χ1) is 9.74. The third kappa shape index (κ3) is 2.00. The van der Waals surface area contributed by atoms with Crippen LogP contribution < -0.4 is 11.1 Å². The maximum atomic E-state index is 9.09. The molecule has 7 heteroatoms. The van der Waals surface area contributed by atoms with Gasteiger partial charge in [0, 0.05) is 24.8 Å². The van der Waals surface area contributed by atoms with Crippen LogP contribution in [0.5, 0.6) is 0 Å². The summed E-state index contributed by atoms with van der Waals surface area (Å²) < 4.78 is 1.86. The van der Waals surface area contributed by atoms with Crippen LogP contribution in [0.2, 0.25) is 0 Å². The second-order valence-corrected chi connectivity index (χ2v) is 5.46. The summed E-state index contributed by atoms with van der Waals surface area (Å²) in [4.78, 5) is 12.9. The molecule has 4 rings (SSSR count). The highest BCUT2D eigenvalue weighted by Gasteiger charge is 2.29. The van der Waals surface area contributed by atoms with Crippen molar-refractivity contribution in [1.29, 1.82) is 0 Å². The number of aliphatic hydroxyl groups excluding tert-OH is 1. The first kappa shape index (κ1) is 11.7. The molecule has 0 spiro atoms. The number of aliphatic hydroxyl groups is 1. The molecule has 0 aliphatic heterocycles. The maximum absolute atomic E-state index is 9.09. The molecule has 2 aliphatic rings. The zero-order valence-corrected chi connectivity index (χ0v) is 11.0. The van der Waals surface area contributed by atoms with E-state index in [2.05, 4.69) is 20.3 Å². The van der Waals surface area contributed by atoms with E-state index in [0.717, 1.165) is 24.8 Å². The van der Waals surface area contributed by atoms with E-state index >= 15 is 0 Å². The zero-order valence-electron chi connectivity index (χ0n) is 11.0. The first-order valence-corrected chi connectivity index (χ1v) is 6.82. The highest BCUT2D eigenvalue weighted by atomic mass is 16.3. The second-order valence-electron chi connectivity index (χ2n) is 5.46. The van der Waals surface area contributed by atoms with Gasteiger partial charge in [-0.25, -0.2) is 4.98 Å². The van der Waals surface area contributed by atoms with Crippen molar-refractivity contribution in [3.63, 3.8) is 0 Å². The van der Waals surface area contributed by atoms with Crippen LogP contribution in [0.1, 0.15) is 19.3 Å².